The Labute approximate surface area is 188 Å². The normalized spacial score (nSPS) is 15.9. The minimum absolute atomic E-state index is 0.0725. The molecule has 0 radical (unpaired) electrons. The zero-order valence-electron chi connectivity index (χ0n) is 18.3. The van der Waals surface area contributed by atoms with Gasteiger partial charge in [-0.05, 0) is 75.2 Å². The minimum Gasteiger partial charge on any atom is -0.376 e. The van der Waals surface area contributed by atoms with Crippen molar-refractivity contribution in [1.29, 1.82) is 0 Å². The molecule has 2 aromatic carbocycles. The standard InChI is InChI=1S/C25H29N3O2S/c1-16-6-10-20(11-7-16)26-25(31)28(15-21-5-4-12-30-21)14-19-13-22-17(2)8-9-18(3)23(22)27-24(19)29/h6-11,13,21H,4-5,12,14-15H2,1-3H3,(H,26,31)(H,27,29). The van der Waals surface area contributed by atoms with Crippen molar-refractivity contribution in [2.24, 2.45) is 0 Å². The number of ether oxygens (including phenoxy) is 1. The number of hydrogen-bond donors (Lipinski definition) is 2. The van der Waals surface area contributed by atoms with E-state index < -0.39 is 0 Å². The highest BCUT2D eigenvalue weighted by molar-refractivity contribution is 7.80. The van der Waals surface area contributed by atoms with Crippen LogP contribution in [-0.4, -0.2) is 34.3 Å². The van der Waals surface area contributed by atoms with E-state index in [1.54, 1.807) is 0 Å². The second-order valence-corrected chi connectivity index (χ2v) is 8.81. The van der Waals surface area contributed by atoms with Gasteiger partial charge < -0.3 is 19.9 Å². The first kappa shape index (κ1) is 21.5. The molecule has 1 aromatic heterocycles. The van der Waals surface area contributed by atoms with E-state index in [-0.39, 0.29) is 11.7 Å². The van der Waals surface area contributed by atoms with Crippen molar-refractivity contribution in [3.05, 3.63) is 75.1 Å². The molecule has 1 saturated heterocycles. The number of fused-ring (bicyclic) bond motifs is 1. The van der Waals surface area contributed by atoms with Crippen molar-refractivity contribution in [2.45, 2.75) is 46.3 Å². The summed E-state index contributed by atoms with van der Waals surface area (Å²) in [6.07, 6.45) is 2.20. The van der Waals surface area contributed by atoms with E-state index in [4.69, 9.17) is 17.0 Å². The Morgan fingerprint density at radius 3 is 2.61 bits per heavy atom. The SMILES string of the molecule is Cc1ccc(NC(=S)N(Cc2cc3c(C)ccc(C)c3[nH]c2=O)CC2CCCO2)cc1. The summed E-state index contributed by atoms with van der Waals surface area (Å²) in [5.74, 6) is 0. The smallest absolute Gasteiger partial charge is 0.253 e. The fourth-order valence-corrected chi connectivity index (χ4v) is 4.29. The quantitative estimate of drug-likeness (QED) is 0.562. The predicted octanol–water partition coefficient (Wildman–Crippen LogP) is 4.83. The first-order chi connectivity index (χ1) is 14.9. The van der Waals surface area contributed by atoms with Gasteiger partial charge in [-0.25, -0.2) is 0 Å². The molecule has 0 spiro atoms. The molecule has 1 fully saturated rings. The van der Waals surface area contributed by atoms with Crippen molar-refractivity contribution < 1.29 is 4.74 Å². The van der Waals surface area contributed by atoms with Crippen LogP contribution in [0.2, 0.25) is 0 Å². The highest BCUT2D eigenvalue weighted by Crippen LogP contribution is 2.21. The highest BCUT2D eigenvalue weighted by Gasteiger charge is 2.22. The molecule has 31 heavy (non-hydrogen) atoms. The average Bonchev–Trinajstić information content (AvgIpc) is 3.26. The number of nitrogens with one attached hydrogen (secondary N) is 2. The molecule has 2 heterocycles. The van der Waals surface area contributed by atoms with Crippen molar-refractivity contribution in [1.82, 2.24) is 9.88 Å². The van der Waals surface area contributed by atoms with Gasteiger partial charge in [0.2, 0.25) is 0 Å². The van der Waals surface area contributed by atoms with E-state index in [1.165, 1.54) is 5.56 Å². The highest BCUT2D eigenvalue weighted by atomic mass is 32.1. The molecule has 0 amide bonds. The van der Waals surface area contributed by atoms with Crippen molar-refractivity contribution in [3.63, 3.8) is 0 Å². The van der Waals surface area contributed by atoms with Crippen LogP contribution in [0.25, 0.3) is 10.9 Å². The summed E-state index contributed by atoms with van der Waals surface area (Å²) < 4.78 is 5.86. The summed E-state index contributed by atoms with van der Waals surface area (Å²) in [7, 11) is 0. The van der Waals surface area contributed by atoms with Crippen LogP contribution in [0.3, 0.4) is 0 Å². The second-order valence-electron chi connectivity index (χ2n) is 8.42. The van der Waals surface area contributed by atoms with Gasteiger partial charge in [-0.2, -0.15) is 0 Å². The van der Waals surface area contributed by atoms with E-state index in [9.17, 15) is 4.79 Å². The second kappa shape index (κ2) is 9.20. The zero-order valence-corrected chi connectivity index (χ0v) is 19.1. The number of hydrogen-bond acceptors (Lipinski definition) is 3. The number of rotatable bonds is 5. The lowest BCUT2D eigenvalue weighted by Crippen LogP contribution is -2.40. The predicted molar refractivity (Wildman–Crippen MR) is 131 cm³/mol. The molecule has 1 aliphatic heterocycles. The number of anilines is 1. The van der Waals surface area contributed by atoms with Crippen molar-refractivity contribution in [2.75, 3.05) is 18.5 Å². The maximum absolute atomic E-state index is 12.9. The summed E-state index contributed by atoms with van der Waals surface area (Å²) >= 11 is 5.76. The van der Waals surface area contributed by atoms with Gasteiger partial charge >= 0.3 is 0 Å². The third-order valence-corrected chi connectivity index (χ3v) is 6.28. The number of nitrogens with zero attached hydrogens (tertiary/aromatic N) is 1. The number of benzene rings is 2. The maximum Gasteiger partial charge on any atom is 0.253 e. The van der Waals surface area contributed by atoms with Gasteiger partial charge in [0.05, 0.1) is 18.2 Å². The lowest BCUT2D eigenvalue weighted by molar-refractivity contribution is 0.0904. The van der Waals surface area contributed by atoms with E-state index in [2.05, 4.69) is 42.3 Å². The van der Waals surface area contributed by atoms with Gasteiger partial charge in [-0.15, -0.1) is 0 Å². The van der Waals surface area contributed by atoms with E-state index in [0.717, 1.165) is 47.2 Å². The van der Waals surface area contributed by atoms with Crippen LogP contribution < -0.4 is 10.9 Å². The summed E-state index contributed by atoms with van der Waals surface area (Å²) in [6.45, 7) is 8.00. The van der Waals surface area contributed by atoms with Crippen LogP contribution in [0.5, 0.6) is 0 Å². The summed E-state index contributed by atoms with van der Waals surface area (Å²) in [6, 6.07) is 14.3. The Morgan fingerprint density at radius 1 is 1.16 bits per heavy atom. The van der Waals surface area contributed by atoms with Crippen LogP contribution in [0.15, 0.2) is 47.3 Å². The molecule has 2 N–H and O–H groups in total. The Balaban J connectivity index is 1.63. The molecule has 0 aliphatic carbocycles. The number of pyridine rings is 1. The third kappa shape index (κ3) is 4.97. The fraction of sp³-hybridized carbons (Fsp3) is 0.360. The van der Waals surface area contributed by atoms with Crippen LogP contribution in [-0.2, 0) is 11.3 Å². The molecule has 3 aromatic rings. The van der Waals surface area contributed by atoms with E-state index in [1.807, 2.05) is 36.1 Å². The van der Waals surface area contributed by atoms with Gasteiger partial charge in [0.25, 0.3) is 5.56 Å². The van der Waals surface area contributed by atoms with Crippen LogP contribution in [0, 0.1) is 20.8 Å². The van der Waals surface area contributed by atoms with Gasteiger partial charge in [-0.3, -0.25) is 4.79 Å². The molecule has 0 saturated carbocycles. The zero-order chi connectivity index (χ0) is 22.0. The maximum atomic E-state index is 12.9. The number of aromatic nitrogens is 1. The third-order valence-electron chi connectivity index (χ3n) is 5.92. The number of H-pyrrole nitrogens is 1. The molecule has 162 valence electrons. The fourth-order valence-electron chi connectivity index (χ4n) is 4.03. The lowest BCUT2D eigenvalue weighted by Gasteiger charge is -2.28. The molecular formula is C25H29N3O2S. The largest absolute Gasteiger partial charge is 0.376 e. The summed E-state index contributed by atoms with van der Waals surface area (Å²) in [5, 5.41) is 5.00. The van der Waals surface area contributed by atoms with Crippen molar-refractivity contribution in [3.8, 4) is 0 Å². The molecule has 1 unspecified atom stereocenters. The molecule has 6 heteroatoms. The van der Waals surface area contributed by atoms with Gasteiger partial charge in [0.1, 0.15) is 0 Å². The first-order valence-corrected chi connectivity index (χ1v) is 11.2. The average molecular weight is 436 g/mol. The molecule has 4 rings (SSSR count). The number of aromatic amines is 1. The Bertz CT molecular complexity index is 1150. The van der Waals surface area contributed by atoms with Gasteiger partial charge in [0.15, 0.2) is 5.11 Å². The summed E-state index contributed by atoms with van der Waals surface area (Å²) in [4.78, 5) is 18.0. The monoisotopic (exact) mass is 435 g/mol. The Kier molecular flexibility index (Phi) is 6.39. The van der Waals surface area contributed by atoms with Crippen LogP contribution >= 0.6 is 12.2 Å². The number of aryl methyl sites for hydroxylation is 3. The molecule has 1 aliphatic rings. The molecule has 5 nitrogen and oxygen atoms in total. The Hall–Kier alpha value is -2.70. The molecular weight excluding hydrogens is 406 g/mol. The first-order valence-electron chi connectivity index (χ1n) is 10.8. The number of thiocarbonyl (C=S) groups is 1. The Morgan fingerprint density at radius 2 is 1.90 bits per heavy atom. The van der Waals surface area contributed by atoms with E-state index in [0.29, 0.717) is 23.8 Å². The topological polar surface area (TPSA) is 57.4 Å². The summed E-state index contributed by atoms with van der Waals surface area (Å²) in [5.41, 5.74) is 5.87. The van der Waals surface area contributed by atoms with E-state index >= 15 is 0 Å². The van der Waals surface area contributed by atoms with Gasteiger partial charge in [-0.1, -0.05) is 29.8 Å². The molecule has 1 atom stereocenters. The van der Waals surface area contributed by atoms with Gasteiger partial charge in [0, 0.05) is 29.8 Å². The lowest BCUT2D eigenvalue weighted by atomic mass is 10.0. The van der Waals surface area contributed by atoms with Crippen LogP contribution in [0.1, 0.15) is 35.1 Å². The van der Waals surface area contributed by atoms with Crippen molar-refractivity contribution >= 4 is 33.9 Å². The van der Waals surface area contributed by atoms with Crippen LogP contribution in [0.4, 0.5) is 5.69 Å². The minimum atomic E-state index is -0.0725. The molecule has 0 bridgehead atoms.